The Morgan fingerprint density at radius 3 is 2.84 bits per heavy atom. The molecule has 2 N–H and O–H groups in total. The summed E-state index contributed by atoms with van der Waals surface area (Å²) in [5.41, 5.74) is 4.64. The number of amides is 2. The Labute approximate surface area is 228 Å². The number of hydrogen-bond donors (Lipinski definition) is 2. The number of aromatic nitrogens is 3. The first kappa shape index (κ1) is 26.1. The van der Waals surface area contributed by atoms with E-state index in [-0.39, 0.29) is 23.1 Å². The molecule has 1 aliphatic rings. The molecule has 2 aromatic carbocycles. The third-order valence-electron chi connectivity index (χ3n) is 6.11. The molecular weight excluding hydrogens is 553 g/mol. The molecule has 2 heterocycles. The largest absolute Gasteiger partial charge is 0.453 e. The van der Waals surface area contributed by atoms with Crippen LogP contribution in [-0.2, 0) is 23.0 Å². The van der Waals surface area contributed by atoms with E-state index in [1.807, 2.05) is 27.7 Å². The number of allylic oxidation sites excluding steroid dienone is 1. The minimum Gasteiger partial charge on any atom is -0.453 e. The van der Waals surface area contributed by atoms with Crippen molar-refractivity contribution in [2.24, 2.45) is 0 Å². The Bertz CT molecular complexity index is 1660. The van der Waals surface area contributed by atoms with Gasteiger partial charge in [0.2, 0.25) is 0 Å². The van der Waals surface area contributed by atoms with Gasteiger partial charge in [0.25, 0.3) is 10.0 Å². The van der Waals surface area contributed by atoms with E-state index in [0.717, 1.165) is 41.7 Å². The normalized spacial score (nSPS) is 14.4. The molecule has 2 amide bonds. The summed E-state index contributed by atoms with van der Waals surface area (Å²) in [4.78, 5) is 16.3. The lowest BCUT2D eigenvalue weighted by Gasteiger charge is -2.18. The van der Waals surface area contributed by atoms with Gasteiger partial charge in [-0.1, -0.05) is 35.3 Å². The van der Waals surface area contributed by atoms with Crippen molar-refractivity contribution in [2.45, 2.75) is 30.7 Å². The Morgan fingerprint density at radius 1 is 1.21 bits per heavy atom. The van der Waals surface area contributed by atoms with Crippen molar-refractivity contribution < 1.29 is 22.4 Å². The Balaban J connectivity index is 1.26. The predicted octanol–water partition coefficient (Wildman–Crippen LogP) is 4.80. The van der Waals surface area contributed by atoms with Gasteiger partial charge in [0.05, 0.1) is 30.4 Å². The number of carbonyl (C=O) groups is 1. The number of carbonyl (C=O) groups excluding carboxylic acids is 1. The summed E-state index contributed by atoms with van der Waals surface area (Å²) in [5, 5.41) is 8.25. The summed E-state index contributed by atoms with van der Waals surface area (Å²) >= 11 is 12.4. The zero-order valence-electron chi connectivity index (χ0n) is 20.2. The first-order valence-electron chi connectivity index (χ1n) is 11.7. The Hall–Kier alpha value is -3.54. The number of ether oxygens (including phenoxy) is 1. The van der Waals surface area contributed by atoms with E-state index in [9.17, 15) is 13.2 Å². The predicted molar refractivity (Wildman–Crippen MR) is 143 cm³/mol. The maximum Gasteiger partial charge on any atom is 0.394 e. The number of hydrogen-bond acceptors (Lipinski definition) is 7. The lowest BCUT2D eigenvalue weighted by Crippen LogP contribution is -2.39. The Morgan fingerprint density at radius 2 is 2.05 bits per heavy atom. The van der Waals surface area contributed by atoms with Crippen molar-refractivity contribution in [2.75, 3.05) is 13.7 Å². The number of sulfonamides is 1. The van der Waals surface area contributed by atoms with Crippen molar-refractivity contribution in [1.82, 2.24) is 24.8 Å². The number of benzene rings is 2. The van der Waals surface area contributed by atoms with Crippen LogP contribution in [0.3, 0.4) is 0 Å². The quantitative estimate of drug-likeness (QED) is 0.324. The third kappa shape index (κ3) is 5.50. The van der Waals surface area contributed by atoms with Gasteiger partial charge in [-0.05, 0) is 60.2 Å². The molecule has 13 heteroatoms. The molecule has 1 aliphatic carbocycles. The highest BCUT2D eigenvalue weighted by Crippen LogP contribution is 2.32. The van der Waals surface area contributed by atoms with Crippen molar-refractivity contribution in [3.05, 3.63) is 75.5 Å². The van der Waals surface area contributed by atoms with Gasteiger partial charge in [0, 0.05) is 22.7 Å². The standard InChI is InChI=1S/C25H23Cl2N5O5S/c1-36-25-30-21-8-7-19(12-22(21)37-25)38(34,35)31-24(33)28-10-9-15-3-2-4-16-13-29-32(23(15)16)14-17-5-6-18(26)11-20(17)27/h5-9,11-13H,2-4,10,14H2,1H3,(H2,28,31,33)/b15-9+. The number of nitrogens with one attached hydrogen (secondary N) is 2. The van der Waals surface area contributed by atoms with Gasteiger partial charge in [-0.3, -0.25) is 4.68 Å². The third-order valence-corrected chi connectivity index (χ3v) is 8.03. The molecule has 5 rings (SSSR count). The first-order valence-corrected chi connectivity index (χ1v) is 13.9. The summed E-state index contributed by atoms with van der Waals surface area (Å²) in [6.45, 7) is 0.595. The van der Waals surface area contributed by atoms with E-state index in [1.165, 1.54) is 25.3 Å². The zero-order chi connectivity index (χ0) is 26.9. The monoisotopic (exact) mass is 575 g/mol. The van der Waals surface area contributed by atoms with Gasteiger partial charge in [0.1, 0.15) is 5.52 Å². The van der Waals surface area contributed by atoms with E-state index in [2.05, 4.69) is 15.4 Å². The second kappa shape index (κ2) is 10.7. The van der Waals surface area contributed by atoms with E-state index in [4.69, 9.17) is 32.4 Å². The maximum absolute atomic E-state index is 12.7. The number of halogens is 2. The molecule has 0 saturated heterocycles. The lowest BCUT2D eigenvalue weighted by atomic mass is 9.92. The van der Waals surface area contributed by atoms with Crippen LogP contribution in [0.4, 0.5) is 4.79 Å². The molecule has 0 radical (unpaired) electrons. The average molecular weight is 576 g/mol. The number of oxazole rings is 1. The Kier molecular flexibility index (Phi) is 7.33. The molecule has 10 nitrogen and oxygen atoms in total. The molecule has 0 bridgehead atoms. The smallest absolute Gasteiger partial charge is 0.394 e. The molecule has 0 aliphatic heterocycles. The highest BCUT2D eigenvalue weighted by molar-refractivity contribution is 7.90. The van der Waals surface area contributed by atoms with E-state index in [1.54, 1.807) is 12.1 Å². The number of aryl methyl sites for hydroxylation is 1. The minimum atomic E-state index is -4.14. The average Bonchev–Trinajstić information content (AvgIpc) is 3.49. The van der Waals surface area contributed by atoms with Gasteiger partial charge in [-0.25, -0.2) is 17.9 Å². The second-order valence-corrected chi connectivity index (χ2v) is 11.1. The second-order valence-electron chi connectivity index (χ2n) is 8.62. The van der Waals surface area contributed by atoms with Crippen LogP contribution in [0.25, 0.3) is 16.7 Å². The lowest BCUT2D eigenvalue weighted by molar-refractivity contribution is 0.247. The van der Waals surface area contributed by atoms with Gasteiger partial charge in [0.15, 0.2) is 5.58 Å². The number of urea groups is 1. The van der Waals surface area contributed by atoms with Crippen molar-refractivity contribution >= 4 is 55.9 Å². The molecule has 38 heavy (non-hydrogen) atoms. The molecule has 0 atom stereocenters. The van der Waals surface area contributed by atoms with Crippen LogP contribution in [-0.4, -0.2) is 42.9 Å². The van der Waals surface area contributed by atoms with E-state index in [0.29, 0.717) is 22.1 Å². The summed E-state index contributed by atoms with van der Waals surface area (Å²) in [6, 6.07) is 8.58. The molecule has 0 saturated carbocycles. The van der Waals surface area contributed by atoms with Gasteiger partial charge >= 0.3 is 12.1 Å². The van der Waals surface area contributed by atoms with Crippen molar-refractivity contribution in [3.8, 4) is 6.08 Å². The van der Waals surface area contributed by atoms with Crippen molar-refractivity contribution in [1.29, 1.82) is 0 Å². The highest BCUT2D eigenvalue weighted by Gasteiger charge is 2.22. The molecule has 2 aromatic heterocycles. The molecule has 198 valence electrons. The van der Waals surface area contributed by atoms with Crippen LogP contribution in [0.2, 0.25) is 10.0 Å². The van der Waals surface area contributed by atoms with Crippen LogP contribution in [0, 0.1) is 0 Å². The summed E-state index contributed by atoms with van der Waals surface area (Å²) in [6.07, 6.45) is 6.38. The maximum atomic E-state index is 12.7. The first-order chi connectivity index (χ1) is 18.2. The van der Waals surface area contributed by atoms with Crippen LogP contribution < -0.4 is 14.8 Å². The summed E-state index contributed by atoms with van der Waals surface area (Å²) in [5.74, 6) is 0. The SMILES string of the molecule is COc1nc2ccc(S(=O)(=O)NC(=O)NC/C=C3\CCCc4cnn(Cc5ccc(Cl)cc5Cl)c43)cc2o1. The van der Waals surface area contributed by atoms with Gasteiger partial charge in [-0.2, -0.15) is 10.1 Å². The van der Waals surface area contributed by atoms with Crippen LogP contribution in [0.5, 0.6) is 6.08 Å². The van der Waals surface area contributed by atoms with Crippen LogP contribution in [0.15, 0.2) is 58.0 Å². The fraction of sp³-hybridized carbons (Fsp3) is 0.240. The molecule has 0 fully saturated rings. The summed E-state index contributed by atoms with van der Waals surface area (Å²) in [7, 11) is -2.75. The molecule has 0 unspecified atom stereocenters. The molecule has 4 aromatic rings. The number of nitrogens with zero attached hydrogens (tertiary/aromatic N) is 3. The van der Waals surface area contributed by atoms with E-state index < -0.39 is 16.1 Å². The molecular formula is C25H23Cl2N5O5S. The minimum absolute atomic E-state index is 0.0109. The van der Waals surface area contributed by atoms with Crippen LogP contribution in [0.1, 0.15) is 29.7 Å². The van der Waals surface area contributed by atoms with Gasteiger partial charge in [-0.15, -0.1) is 0 Å². The van der Waals surface area contributed by atoms with Gasteiger partial charge < -0.3 is 14.5 Å². The summed E-state index contributed by atoms with van der Waals surface area (Å²) < 4.78 is 39.6. The highest BCUT2D eigenvalue weighted by atomic mass is 35.5. The van der Waals surface area contributed by atoms with Crippen LogP contribution >= 0.6 is 23.2 Å². The topological polar surface area (TPSA) is 128 Å². The number of fused-ring (bicyclic) bond motifs is 2. The van der Waals surface area contributed by atoms with E-state index >= 15 is 0 Å². The zero-order valence-corrected chi connectivity index (χ0v) is 22.5. The number of rotatable bonds is 7. The molecule has 0 spiro atoms. The van der Waals surface area contributed by atoms with Crippen molar-refractivity contribution in [3.63, 3.8) is 0 Å². The fourth-order valence-electron chi connectivity index (χ4n) is 4.32. The number of methoxy groups -OCH3 is 1. The fourth-order valence-corrected chi connectivity index (χ4v) is 5.73.